The Morgan fingerprint density at radius 3 is 2.71 bits per heavy atom. The first-order chi connectivity index (χ1) is 9.72. The summed E-state index contributed by atoms with van der Waals surface area (Å²) in [6.45, 7) is 0. The third-order valence-corrected chi connectivity index (χ3v) is 2.59. The molecule has 0 atom stereocenters. The first kappa shape index (κ1) is 16.7. The van der Waals surface area contributed by atoms with Crippen molar-refractivity contribution in [1.29, 1.82) is 0 Å². The van der Waals surface area contributed by atoms with Gasteiger partial charge in [-0.1, -0.05) is 6.07 Å². The molecular formula is C14H14CuN3O3+3. The van der Waals surface area contributed by atoms with Crippen LogP contribution in [0.3, 0.4) is 0 Å². The van der Waals surface area contributed by atoms with Crippen LogP contribution in [0, 0.1) is 0 Å². The standard InChI is InChI=1S/C14H13N3O3.Cu/c1-20-12-4-2-3-11(13(12)18)9-16-17-14(19)10-5-7-15-8-6-10;/h2-9,18H,1H3,(H,17,19);/q;+2/p+1. The molecule has 0 saturated carbocycles. The van der Waals surface area contributed by atoms with E-state index in [2.05, 4.69) is 15.5 Å². The number of methoxy groups -OCH3 is 1. The summed E-state index contributed by atoms with van der Waals surface area (Å²) >= 11 is 0. The zero-order valence-corrected chi connectivity index (χ0v) is 12.1. The van der Waals surface area contributed by atoms with Crippen molar-refractivity contribution >= 4 is 12.1 Å². The number of nitrogens with one attached hydrogen (secondary N) is 1. The Labute approximate surface area is 132 Å². The molecule has 1 aromatic carbocycles. The van der Waals surface area contributed by atoms with Crippen molar-refractivity contribution in [2.24, 2.45) is 5.10 Å². The molecular weight excluding hydrogens is 322 g/mol. The number of hydrogen-bond donors (Lipinski definition) is 1. The van der Waals surface area contributed by atoms with Crippen LogP contribution in [0.1, 0.15) is 15.9 Å². The zero-order valence-electron chi connectivity index (χ0n) is 11.1. The first-order valence-corrected chi connectivity index (χ1v) is 5.84. The fourth-order valence-electron chi connectivity index (χ4n) is 1.55. The monoisotopic (exact) mass is 335 g/mol. The van der Waals surface area contributed by atoms with E-state index in [9.17, 15) is 4.79 Å². The summed E-state index contributed by atoms with van der Waals surface area (Å²) in [6.07, 6.45) is 4.47. The summed E-state index contributed by atoms with van der Waals surface area (Å²) in [5, 5.41) is 11.7. The van der Waals surface area contributed by atoms with Crippen LogP contribution in [0.5, 0.6) is 11.5 Å². The molecule has 3 N–H and O–H groups in total. The van der Waals surface area contributed by atoms with Crippen LogP contribution in [0.2, 0.25) is 0 Å². The van der Waals surface area contributed by atoms with Gasteiger partial charge in [0.05, 0.1) is 18.9 Å². The molecule has 0 saturated heterocycles. The fourth-order valence-corrected chi connectivity index (χ4v) is 1.55. The van der Waals surface area contributed by atoms with Gasteiger partial charge in [-0.2, -0.15) is 5.10 Å². The van der Waals surface area contributed by atoms with Gasteiger partial charge in [0, 0.05) is 18.0 Å². The molecule has 1 heterocycles. The molecule has 0 aliphatic heterocycles. The summed E-state index contributed by atoms with van der Waals surface area (Å²) in [5.41, 5.74) is 3.41. The van der Waals surface area contributed by atoms with Crippen molar-refractivity contribution < 1.29 is 31.7 Å². The summed E-state index contributed by atoms with van der Waals surface area (Å²) < 4.78 is 5.04. The second kappa shape index (κ2) is 8.04. The number of ether oxygens (including phenoxy) is 1. The molecule has 2 rings (SSSR count). The molecule has 0 aliphatic rings. The number of carbonyl (C=O) groups is 1. The van der Waals surface area contributed by atoms with E-state index in [-0.39, 0.29) is 28.7 Å². The Kier molecular flexibility index (Phi) is 6.38. The van der Waals surface area contributed by atoms with Crippen molar-refractivity contribution in [3.8, 4) is 11.5 Å². The second-order valence-electron chi connectivity index (χ2n) is 3.86. The molecule has 2 aromatic rings. The van der Waals surface area contributed by atoms with Gasteiger partial charge >= 0.3 is 22.8 Å². The van der Waals surface area contributed by atoms with Crippen LogP contribution < -0.4 is 10.2 Å². The van der Waals surface area contributed by atoms with Gasteiger partial charge in [-0.15, -0.1) is 0 Å². The molecule has 1 radical (unpaired) electrons. The Morgan fingerprint density at radius 2 is 2.05 bits per heavy atom. The average Bonchev–Trinajstić information content (AvgIpc) is 2.49. The third kappa shape index (κ3) is 4.30. The SMILES string of the molecule is COc1cccc(C=NNC(=O)c2ccncc2)c1[OH2+].[Cu+2]. The summed E-state index contributed by atoms with van der Waals surface area (Å²) in [5.74, 6) is 0.337. The van der Waals surface area contributed by atoms with Crippen LogP contribution in [-0.4, -0.2) is 29.3 Å². The number of pyridine rings is 1. The summed E-state index contributed by atoms with van der Waals surface area (Å²) in [7, 11) is 1.50. The van der Waals surface area contributed by atoms with Crippen LogP contribution in [-0.2, 0) is 17.1 Å². The van der Waals surface area contributed by atoms with Crippen LogP contribution in [0.4, 0.5) is 0 Å². The molecule has 0 spiro atoms. The average molecular weight is 336 g/mol. The van der Waals surface area contributed by atoms with Crippen LogP contribution in [0.15, 0.2) is 47.8 Å². The maximum atomic E-state index is 11.7. The van der Waals surface area contributed by atoms with Gasteiger partial charge < -0.3 is 9.84 Å². The molecule has 21 heavy (non-hydrogen) atoms. The molecule has 0 aliphatic carbocycles. The van der Waals surface area contributed by atoms with E-state index in [1.165, 1.54) is 25.7 Å². The van der Waals surface area contributed by atoms with Crippen molar-refractivity contribution in [2.45, 2.75) is 0 Å². The Balaban J connectivity index is 0.00000220. The summed E-state index contributed by atoms with van der Waals surface area (Å²) in [6, 6.07) is 8.34. The minimum Gasteiger partial charge on any atom is -0.590 e. The van der Waals surface area contributed by atoms with E-state index in [0.29, 0.717) is 16.9 Å². The molecule has 0 unspecified atom stereocenters. The fraction of sp³-hybridized carbons (Fsp3) is 0.0714. The number of amides is 1. The third-order valence-electron chi connectivity index (χ3n) is 2.59. The normalized spacial score (nSPS) is 9.95. The minimum absolute atomic E-state index is 0. The molecule has 1 aromatic heterocycles. The molecule has 0 fully saturated rings. The maximum Gasteiger partial charge on any atom is 2.00 e. The van der Waals surface area contributed by atoms with E-state index >= 15 is 0 Å². The number of benzene rings is 1. The van der Waals surface area contributed by atoms with E-state index in [1.807, 2.05) is 0 Å². The van der Waals surface area contributed by atoms with Gasteiger partial charge in [0.25, 0.3) is 5.91 Å². The van der Waals surface area contributed by atoms with Gasteiger partial charge in [-0.05, 0) is 24.3 Å². The van der Waals surface area contributed by atoms with Gasteiger partial charge in [0.15, 0.2) is 0 Å². The number of nitrogens with zero attached hydrogens (tertiary/aromatic N) is 2. The van der Waals surface area contributed by atoms with Crippen LogP contribution >= 0.6 is 0 Å². The van der Waals surface area contributed by atoms with Crippen molar-refractivity contribution in [3.05, 3.63) is 53.9 Å². The molecule has 6 nitrogen and oxygen atoms in total. The minimum atomic E-state index is -0.335. The van der Waals surface area contributed by atoms with E-state index in [4.69, 9.17) is 9.84 Å². The molecule has 0 bridgehead atoms. The Hall–Kier alpha value is -2.37. The first-order valence-electron chi connectivity index (χ1n) is 5.84. The number of para-hydroxylation sites is 1. The number of hydrazone groups is 1. The van der Waals surface area contributed by atoms with Crippen molar-refractivity contribution in [3.63, 3.8) is 0 Å². The largest absolute Gasteiger partial charge is 2.00 e. The summed E-state index contributed by atoms with van der Waals surface area (Å²) in [4.78, 5) is 15.5. The molecule has 111 valence electrons. The number of rotatable bonds is 4. The number of hydrogen-bond acceptors (Lipinski definition) is 4. The predicted molar refractivity (Wildman–Crippen MR) is 75.4 cm³/mol. The maximum absolute atomic E-state index is 11.7. The number of carbonyl (C=O) groups excluding carboxylic acids is 1. The predicted octanol–water partition coefficient (Wildman–Crippen LogP) is 1.29. The Bertz CT molecular complexity index is 633. The zero-order chi connectivity index (χ0) is 14.4. The smallest absolute Gasteiger partial charge is 0.590 e. The van der Waals surface area contributed by atoms with E-state index in [0.717, 1.165) is 0 Å². The molecule has 7 heteroatoms. The Morgan fingerprint density at radius 1 is 1.33 bits per heavy atom. The van der Waals surface area contributed by atoms with Gasteiger partial charge in [0.2, 0.25) is 5.75 Å². The van der Waals surface area contributed by atoms with Crippen LogP contribution in [0.25, 0.3) is 0 Å². The van der Waals surface area contributed by atoms with Crippen molar-refractivity contribution in [2.75, 3.05) is 7.11 Å². The van der Waals surface area contributed by atoms with Gasteiger partial charge in [0.1, 0.15) is 0 Å². The van der Waals surface area contributed by atoms with Gasteiger partial charge in [-0.3, -0.25) is 9.78 Å². The number of aromatic nitrogens is 1. The van der Waals surface area contributed by atoms with E-state index < -0.39 is 0 Å². The molecule has 1 amide bonds. The van der Waals surface area contributed by atoms with Gasteiger partial charge in [-0.25, -0.2) is 5.43 Å². The topological polar surface area (TPSA) is 86.5 Å². The van der Waals surface area contributed by atoms with Crippen molar-refractivity contribution in [1.82, 2.24) is 10.4 Å². The quantitative estimate of drug-likeness (QED) is 0.395. The second-order valence-corrected chi connectivity index (χ2v) is 3.86. The van der Waals surface area contributed by atoms with E-state index in [1.54, 1.807) is 30.3 Å².